The van der Waals surface area contributed by atoms with E-state index in [1.54, 1.807) is 0 Å². The molecule has 148 valence electrons. The molecule has 1 saturated heterocycles. The van der Waals surface area contributed by atoms with E-state index in [1.807, 2.05) is 6.92 Å². The number of nitrogens with zero attached hydrogens (tertiary/aromatic N) is 2. The van der Waals surface area contributed by atoms with E-state index in [0.717, 1.165) is 56.8 Å². The Bertz CT molecular complexity index is 735. The maximum absolute atomic E-state index is 12.7. The highest BCUT2D eigenvalue weighted by atomic mass is 19.4. The topological polar surface area (TPSA) is 38.5 Å². The molecular weight excluding hydrogens is 357 g/mol. The number of hydrogen-bond acceptors (Lipinski definition) is 4. The second-order valence-electron chi connectivity index (χ2n) is 6.97. The number of aromatic nitrogens is 1. The fourth-order valence-electron chi connectivity index (χ4n) is 3.34. The number of aryl methyl sites for hydroxylation is 1. The molecule has 7 heteroatoms. The molecule has 4 nitrogen and oxygen atoms in total. The van der Waals surface area contributed by atoms with Crippen LogP contribution in [0.2, 0.25) is 0 Å². The van der Waals surface area contributed by atoms with Gasteiger partial charge in [0.2, 0.25) is 5.89 Å². The molecule has 0 aliphatic carbocycles. The van der Waals surface area contributed by atoms with Crippen LogP contribution < -0.4 is 0 Å². The normalized spacial score (nSPS) is 17.8. The third-order valence-electron chi connectivity index (χ3n) is 4.75. The first-order valence-corrected chi connectivity index (χ1v) is 9.34. The van der Waals surface area contributed by atoms with E-state index in [-0.39, 0.29) is 6.10 Å². The third kappa shape index (κ3) is 5.11. The van der Waals surface area contributed by atoms with E-state index in [9.17, 15) is 13.2 Å². The first kappa shape index (κ1) is 19.9. The molecule has 1 aliphatic heterocycles. The summed E-state index contributed by atoms with van der Waals surface area (Å²) in [6.07, 6.45) is -0.882. The number of hydrogen-bond donors (Lipinski definition) is 0. The van der Waals surface area contributed by atoms with Crippen molar-refractivity contribution in [3.8, 4) is 11.5 Å². The summed E-state index contributed by atoms with van der Waals surface area (Å²) in [6.45, 7) is 7.23. The highest BCUT2D eigenvalue weighted by Gasteiger charge is 2.30. The van der Waals surface area contributed by atoms with Gasteiger partial charge < -0.3 is 9.15 Å². The molecule has 1 fully saturated rings. The van der Waals surface area contributed by atoms with Gasteiger partial charge >= 0.3 is 6.18 Å². The summed E-state index contributed by atoms with van der Waals surface area (Å²) in [5, 5.41) is 0. The molecule has 0 unspecified atom stereocenters. The van der Waals surface area contributed by atoms with Crippen LogP contribution in [0.5, 0.6) is 0 Å². The van der Waals surface area contributed by atoms with Crippen molar-refractivity contribution < 1.29 is 22.3 Å². The molecule has 2 heterocycles. The SMILES string of the molecule is CCCN(Cc1nc(-c2ccc(C(F)(F)F)cc2)oc1C)C[C@H]1CCCO1. The number of rotatable bonds is 7. The Labute approximate surface area is 157 Å². The second kappa shape index (κ2) is 8.44. The molecule has 0 spiro atoms. The van der Waals surface area contributed by atoms with Gasteiger partial charge in [0.15, 0.2) is 0 Å². The lowest BCUT2D eigenvalue weighted by Gasteiger charge is -2.23. The lowest BCUT2D eigenvalue weighted by atomic mass is 10.1. The molecule has 1 aliphatic rings. The molecule has 0 amide bonds. The predicted molar refractivity (Wildman–Crippen MR) is 96.2 cm³/mol. The van der Waals surface area contributed by atoms with Crippen molar-refractivity contribution in [3.63, 3.8) is 0 Å². The van der Waals surface area contributed by atoms with Gasteiger partial charge in [0, 0.05) is 25.3 Å². The molecular formula is C20H25F3N2O2. The average Bonchev–Trinajstić information content (AvgIpc) is 3.25. The van der Waals surface area contributed by atoms with E-state index in [1.165, 1.54) is 12.1 Å². The Morgan fingerprint density at radius 3 is 2.56 bits per heavy atom. The van der Waals surface area contributed by atoms with Gasteiger partial charge in [-0.05, 0) is 57.0 Å². The minimum Gasteiger partial charge on any atom is -0.441 e. The molecule has 0 bridgehead atoms. The number of ether oxygens (including phenoxy) is 1. The Morgan fingerprint density at radius 2 is 1.96 bits per heavy atom. The van der Waals surface area contributed by atoms with Gasteiger partial charge in [0.05, 0.1) is 17.4 Å². The number of benzene rings is 1. The van der Waals surface area contributed by atoms with E-state index >= 15 is 0 Å². The summed E-state index contributed by atoms with van der Waals surface area (Å²) in [5.41, 5.74) is 0.676. The van der Waals surface area contributed by atoms with Crippen LogP contribution in [-0.4, -0.2) is 35.7 Å². The second-order valence-corrected chi connectivity index (χ2v) is 6.97. The van der Waals surface area contributed by atoms with Crippen molar-refractivity contribution in [1.82, 2.24) is 9.88 Å². The lowest BCUT2D eigenvalue weighted by Crippen LogP contribution is -2.32. The van der Waals surface area contributed by atoms with Gasteiger partial charge in [-0.25, -0.2) is 4.98 Å². The van der Waals surface area contributed by atoms with Crippen LogP contribution >= 0.6 is 0 Å². The zero-order valence-electron chi connectivity index (χ0n) is 15.7. The summed E-state index contributed by atoms with van der Waals surface area (Å²) >= 11 is 0. The van der Waals surface area contributed by atoms with Crippen molar-refractivity contribution in [1.29, 1.82) is 0 Å². The largest absolute Gasteiger partial charge is 0.441 e. The monoisotopic (exact) mass is 382 g/mol. The molecule has 1 aromatic heterocycles. The Hall–Kier alpha value is -1.86. The predicted octanol–water partition coefficient (Wildman–Crippen LogP) is 5.06. The van der Waals surface area contributed by atoms with Gasteiger partial charge in [-0.1, -0.05) is 6.92 Å². The smallest absolute Gasteiger partial charge is 0.416 e. The summed E-state index contributed by atoms with van der Waals surface area (Å²) in [4.78, 5) is 6.84. The Morgan fingerprint density at radius 1 is 1.22 bits per heavy atom. The van der Waals surface area contributed by atoms with Gasteiger partial charge in [-0.15, -0.1) is 0 Å². The summed E-state index contributed by atoms with van der Waals surface area (Å²) < 4.78 is 49.6. The summed E-state index contributed by atoms with van der Waals surface area (Å²) in [7, 11) is 0. The highest BCUT2D eigenvalue weighted by molar-refractivity contribution is 5.54. The van der Waals surface area contributed by atoms with Crippen LogP contribution in [0, 0.1) is 6.92 Å². The number of alkyl halides is 3. The molecule has 1 aromatic carbocycles. The molecule has 3 rings (SSSR count). The highest BCUT2D eigenvalue weighted by Crippen LogP contribution is 2.31. The first-order valence-electron chi connectivity index (χ1n) is 9.34. The van der Waals surface area contributed by atoms with Crippen LogP contribution in [0.25, 0.3) is 11.5 Å². The molecule has 0 saturated carbocycles. The first-order chi connectivity index (χ1) is 12.9. The Kier molecular flexibility index (Phi) is 6.22. The van der Waals surface area contributed by atoms with Crippen molar-refractivity contribution >= 4 is 0 Å². The van der Waals surface area contributed by atoms with E-state index < -0.39 is 11.7 Å². The van der Waals surface area contributed by atoms with Crippen LogP contribution in [0.1, 0.15) is 43.2 Å². The van der Waals surface area contributed by atoms with Crippen molar-refractivity contribution in [3.05, 3.63) is 41.3 Å². The Balaban J connectivity index is 1.72. The maximum Gasteiger partial charge on any atom is 0.416 e. The quantitative estimate of drug-likeness (QED) is 0.671. The fourth-order valence-corrected chi connectivity index (χ4v) is 3.34. The summed E-state index contributed by atoms with van der Waals surface area (Å²) in [6, 6.07) is 4.90. The van der Waals surface area contributed by atoms with Crippen molar-refractivity contribution in [2.24, 2.45) is 0 Å². The molecule has 2 aromatic rings. The van der Waals surface area contributed by atoms with E-state index in [0.29, 0.717) is 23.8 Å². The number of oxazole rings is 1. The zero-order valence-corrected chi connectivity index (χ0v) is 15.7. The minimum absolute atomic E-state index is 0.262. The van der Waals surface area contributed by atoms with Gasteiger partial charge in [0.1, 0.15) is 5.76 Å². The molecule has 0 radical (unpaired) electrons. The van der Waals surface area contributed by atoms with Crippen LogP contribution in [0.3, 0.4) is 0 Å². The fraction of sp³-hybridized carbons (Fsp3) is 0.550. The van der Waals surface area contributed by atoms with Gasteiger partial charge in [0.25, 0.3) is 0 Å². The minimum atomic E-state index is -4.35. The van der Waals surface area contributed by atoms with Crippen LogP contribution in [-0.2, 0) is 17.5 Å². The number of halogens is 3. The van der Waals surface area contributed by atoms with Crippen LogP contribution in [0.15, 0.2) is 28.7 Å². The maximum atomic E-state index is 12.7. The van der Waals surface area contributed by atoms with Crippen molar-refractivity contribution in [2.45, 2.75) is 51.9 Å². The standard InChI is InChI=1S/C20H25F3N2O2/c1-3-10-25(12-17-5-4-11-26-17)13-18-14(2)27-19(24-18)15-6-8-16(9-7-15)20(21,22)23/h6-9,17H,3-5,10-13H2,1-2H3/t17-/m1/s1. The average molecular weight is 382 g/mol. The van der Waals surface area contributed by atoms with Crippen LogP contribution in [0.4, 0.5) is 13.2 Å². The van der Waals surface area contributed by atoms with Gasteiger partial charge in [-0.3, -0.25) is 4.90 Å². The molecule has 0 N–H and O–H groups in total. The zero-order chi connectivity index (χ0) is 19.4. The summed E-state index contributed by atoms with van der Waals surface area (Å²) in [5.74, 6) is 1.04. The third-order valence-corrected chi connectivity index (χ3v) is 4.75. The van der Waals surface area contributed by atoms with Gasteiger partial charge in [-0.2, -0.15) is 13.2 Å². The molecule has 1 atom stereocenters. The van der Waals surface area contributed by atoms with E-state index in [4.69, 9.17) is 9.15 Å². The molecule has 27 heavy (non-hydrogen) atoms. The van der Waals surface area contributed by atoms with E-state index in [2.05, 4.69) is 16.8 Å². The lowest BCUT2D eigenvalue weighted by molar-refractivity contribution is -0.137. The van der Waals surface area contributed by atoms with Crippen molar-refractivity contribution in [2.75, 3.05) is 19.7 Å².